The summed E-state index contributed by atoms with van der Waals surface area (Å²) in [4.78, 5) is 2.48. The smallest absolute Gasteiger partial charge is 0.128 e. The number of fused-ring (bicyclic) bond motifs is 1. The quantitative estimate of drug-likeness (QED) is 0.365. The number of aromatic amines is 2. The van der Waals surface area contributed by atoms with E-state index in [0.717, 1.165) is 31.2 Å². The molecule has 1 aromatic carbocycles. The zero-order valence-corrected chi connectivity index (χ0v) is 10.7. The van der Waals surface area contributed by atoms with Gasteiger partial charge in [-0.3, -0.25) is 10.2 Å². The molecule has 2 rings (SSSR count). The fraction of sp³-hybridized carbons (Fsp3) is 0.125. The molecule has 0 unspecified atom stereocenters. The minimum absolute atomic E-state index is 0.650. The Morgan fingerprint density at radius 1 is 1.00 bits per heavy atom. The molecule has 0 bridgehead atoms. The van der Waals surface area contributed by atoms with Gasteiger partial charge in [-0.2, -0.15) is 0 Å². The maximum atomic E-state index is 5.14. The molecule has 0 fully saturated rings. The predicted molar refractivity (Wildman–Crippen MR) is 70.0 cm³/mol. The van der Waals surface area contributed by atoms with Crippen LogP contribution in [0.25, 0.3) is 10.9 Å². The molecule has 1 aromatic heterocycles. The molecule has 1 heterocycles. The normalized spacial score (nSPS) is 11.1. The number of thiol groups is 3. The van der Waals surface area contributed by atoms with Gasteiger partial charge in [-0.15, -0.1) is 37.9 Å². The van der Waals surface area contributed by atoms with Crippen LogP contribution in [0.3, 0.4) is 0 Å². The summed E-state index contributed by atoms with van der Waals surface area (Å²) >= 11 is 18.3. The highest BCUT2D eigenvalue weighted by Crippen LogP contribution is 2.35. The topological polar surface area (TPSA) is 31.6 Å². The van der Waals surface area contributed by atoms with Crippen molar-refractivity contribution < 1.29 is 0 Å². The monoisotopic (exact) mass is 260 g/mol. The zero-order chi connectivity index (χ0) is 10.5. The Labute approximate surface area is 103 Å². The van der Waals surface area contributed by atoms with Gasteiger partial charge in [0.25, 0.3) is 0 Å². The van der Waals surface area contributed by atoms with Gasteiger partial charge in [0, 0.05) is 14.7 Å². The Balaban J connectivity index is 3.13. The van der Waals surface area contributed by atoms with Crippen LogP contribution >= 0.6 is 50.1 Å². The van der Waals surface area contributed by atoms with Gasteiger partial charge in [-0.1, -0.05) is 12.2 Å². The first kappa shape index (κ1) is 10.5. The average molecular weight is 260 g/mol. The first-order chi connectivity index (χ1) is 6.54. The summed E-state index contributed by atoms with van der Waals surface area (Å²) in [6, 6.07) is 0. The van der Waals surface area contributed by atoms with E-state index in [9.17, 15) is 0 Å². The maximum absolute atomic E-state index is 5.14. The summed E-state index contributed by atoms with van der Waals surface area (Å²) in [7, 11) is 0. The Bertz CT molecular complexity index is 567. The van der Waals surface area contributed by atoms with Gasteiger partial charge >= 0.3 is 0 Å². The number of hydrogen-bond acceptors (Lipinski definition) is 4. The second kappa shape index (κ2) is 3.52. The largest absolute Gasteiger partial charge is 0.298 e. The van der Waals surface area contributed by atoms with Gasteiger partial charge in [0.2, 0.25) is 0 Å². The first-order valence-corrected chi connectivity index (χ1v) is 5.62. The Morgan fingerprint density at radius 2 is 1.64 bits per heavy atom. The highest BCUT2D eigenvalue weighted by molar-refractivity contribution is 7.84. The summed E-state index contributed by atoms with van der Waals surface area (Å²) in [6.07, 6.45) is 0. The molecule has 0 amide bonds. The van der Waals surface area contributed by atoms with Crippen LogP contribution in [0.2, 0.25) is 0 Å². The van der Waals surface area contributed by atoms with E-state index in [1.54, 1.807) is 0 Å². The van der Waals surface area contributed by atoms with Crippen LogP contribution in [-0.2, 0) is 0 Å². The van der Waals surface area contributed by atoms with Crippen LogP contribution in [0, 0.1) is 11.6 Å². The summed E-state index contributed by atoms with van der Waals surface area (Å²) in [6.45, 7) is 1.95. The van der Waals surface area contributed by atoms with Crippen LogP contribution in [0.5, 0.6) is 0 Å². The SMILES string of the molecule is Cc1c(S)c(S)c2[nH][nH]c(=S)c2c1S. The fourth-order valence-corrected chi connectivity index (χ4v) is 2.67. The van der Waals surface area contributed by atoms with Crippen molar-refractivity contribution in [1.29, 1.82) is 0 Å². The summed E-state index contributed by atoms with van der Waals surface area (Å²) in [5.74, 6) is 0. The van der Waals surface area contributed by atoms with E-state index in [1.807, 2.05) is 6.92 Å². The summed E-state index contributed by atoms with van der Waals surface area (Å²) in [5.41, 5.74) is 1.85. The van der Waals surface area contributed by atoms with Gasteiger partial charge < -0.3 is 0 Å². The molecule has 74 valence electrons. The van der Waals surface area contributed by atoms with Crippen molar-refractivity contribution in [2.75, 3.05) is 0 Å². The molecule has 0 saturated carbocycles. The number of rotatable bonds is 0. The van der Waals surface area contributed by atoms with Crippen molar-refractivity contribution in [2.45, 2.75) is 21.6 Å². The van der Waals surface area contributed by atoms with Crippen LogP contribution in [-0.4, -0.2) is 10.2 Å². The third kappa shape index (κ3) is 1.32. The molecule has 0 saturated heterocycles. The lowest BCUT2D eigenvalue weighted by molar-refractivity contribution is 1.08. The van der Waals surface area contributed by atoms with E-state index in [0.29, 0.717) is 4.64 Å². The van der Waals surface area contributed by atoms with E-state index in [4.69, 9.17) is 12.2 Å². The molecule has 2 N–H and O–H groups in total. The molecular formula is C8H8N2S4. The van der Waals surface area contributed by atoms with Gasteiger partial charge in [0.1, 0.15) is 4.64 Å². The van der Waals surface area contributed by atoms with Crippen LogP contribution in [0.1, 0.15) is 5.56 Å². The number of H-pyrrole nitrogens is 2. The number of aromatic nitrogens is 2. The van der Waals surface area contributed by atoms with Gasteiger partial charge in [0.15, 0.2) is 0 Å². The molecule has 0 spiro atoms. The average Bonchev–Trinajstić information content (AvgIpc) is 2.54. The van der Waals surface area contributed by atoms with E-state index >= 15 is 0 Å². The second-order valence-corrected chi connectivity index (χ2v) is 4.75. The lowest BCUT2D eigenvalue weighted by atomic mass is 10.2. The van der Waals surface area contributed by atoms with Crippen molar-refractivity contribution in [3.05, 3.63) is 10.2 Å². The highest BCUT2D eigenvalue weighted by atomic mass is 32.1. The molecule has 0 aliphatic heterocycles. The first-order valence-electron chi connectivity index (χ1n) is 3.87. The van der Waals surface area contributed by atoms with Crippen LogP contribution in [0.15, 0.2) is 14.7 Å². The molecule has 0 aliphatic carbocycles. The van der Waals surface area contributed by atoms with Crippen LogP contribution < -0.4 is 0 Å². The molecule has 0 atom stereocenters. The standard InChI is InChI=1S/C8H8N2S4/c1-2-5(11)3-4(7(13)6(2)12)9-10-8(3)14/h11-13H,1H3,(H2,9,10,14). The third-order valence-corrected chi connectivity index (χ3v) is 4.23. The molecule has 2 aromatic rings. The Morgan fingerprint density at radius 3 is 2.29 bits per heavy atom. The number of nitrogens with one attached hydrogen (secondary N) is 2. The van der Waals surface area contributed by atoms with Crippen molar-refractivity contribution in [3.8, 4) is 0 Å². The van der Waals surface area contributed by atoms with Crippen LogP contribution in [0.4, 0.5) is 0 Å². The fourth-order valence-electron chi connectivity index (χ4n) is 1.36. The summed E-state index contributed by atoms with van der Waals surface area (Å²) < 4.78 is 0.650. The molecule has 0 aliphatic rings. The van der Waals surface area contributed by atoms with E-state index in [1.165, 1.54) is 0 Å². The van der Waals surface area contributed by atoms with E-state index in [-0.39, 0.29) is 0 Å². The Kier molecular flexibility index (Phi) is 2.63. The van der Waals surface area contributed by atoms with Crippen molar-refractivity contribution >= 4 is 61.0 Å². The van der Waals surface area contributed by atoms with Gasteiger partial charge in [0.05, 0.1) is 10.9 Å². The minimum Gasteiger partial charge on any atom is -0.298 e. The molecule has 6 heteroatoms. The van der Waals surface area contributed by atoms with Crippen molar-refractivity contribution in [2.24, 2.45) is 0 Å². The zero-order valence-electron chi connectivity index (χ0n) is 7.25. The van der Waals surface area contributed by atoms with Crippen molar-refractivity contribution in [3.63, 3.8) is 0 Å². The molecule has 2 nitrogen and oxygen atoms in total. The van der Waals surface area contributed by atoms with Crippen molar-refractivity contribution in [1.82, 2.24) is 10.2 Å². The number of hydrogen-bond donors (Lipinski definition) is 5. The lowest BCUT2D eigenvalue weighted by Gasteiger charge is -2.07. The summed E-state index contributed by atoms with van der Waals surface area (Å²) in [5, 5.41) is 6.74. The minimum atomic E-state index is 0.650. The number of benzene rings is 1. The molecular weight excluding hydrogens is 252 g/mol. The van der Waals surface area contributed by atoms with Gasteiger partial charge in [-0.05, 0) is 12.5 Å². The van der Waals surface area contributed by atoms with E-state index < -0.39 is 0 Å². The second-order valence-electron chi connectivity index (χ2n) is 3.00. The predicted octanol–water partition coefficient (Wildman–Crippen LogP) is 3.40. The Hall–Kier alpha value is -0.0400. The van der Waals surface area contributed by atoms with E-state index in [2.05, 4.69) is 48.1 Å². The lowest BCUT2D eigenvalue weighted by Crippen LogP contribution is -1.85. The molecule has 14 heavy (non-hydrogen) atoms. The maximum Gasteiger partial charge on any atom is 0.128 e. The highest BCUT2D eigenvalue weighted by Gasteiger charge is 2.12. The third-order valence-electron chi connectivity index (χ3n) is 2.19. The van der Waals surface area contributed by atoms with Gasteiger partial charge in [-0.25, -0.2) is 0 Å². The molecule has 0 radical (unpaired) electrons.